The molecule has 0 aromatic heterocycles. The molecule has 2 aromatic carbocycles. The first-order valence-electron chi connectivity index (χ1n) is 9.21. The van der Waals surface area contributed by atoms with Crippen molar-refractivity contribution in [3.8, 4) is 17.2 Å². The maximum Gasteiger partial charge on any atom is 0.363 e. The van der Waals surface area contributed by atoms with Crippen molar-refractivity contribution in [3.63, 3.8) is 0 Å². The zero-order valence-corrected chi connectivity index (χ0v) is 18.8. The summed E-state index contributed by atoms with van der Waals surface area (Å²) in [6.45, 7) is 6.35. The second kappa shape index (κ2) is 9.30. The quantitative estimate of drug-likeness (QED) is 0.305. The average Bonchev–Trinajstić information content (AvgIpc) is 3.05. The molecule has 6 nitrogen and oxygen atoms in total. The standard InChI is InChI=1S/C22H22INO5/c1-5-27-19-12-14(10-17(23)20(19)28-13(2)3)11-18-22(25)29-21(24-18)15-6-8-16(26-4)9-7-15/h6-13H,5H2,1-4H3. The number of rotatable bonds is 7. The van der Waals surface area contributed by atoms with Crippen molar-refractivity contribution in [1.29, 1.82) is 0 Å². The highest BCUT2D eigenvalue weighted by atomic mass is 127. The van der Waals surface area contributed by atoms with Crippen LogP contribution in [0.5, 0.6) is 17.2 Å². The molecule has 152 valence electrons. The van der Waals surface area contributed by atoms with Gasteiger partial charge in [-0.15, -0.1) is 0 Å². The van der Waals surface area contributed by atoms with Gasteiger partial charge in [0.25, 0.3) is 0 Å². The topological polar surface area (TPSA) is 66.3 Å². The van der Waals surface area contributed by atoms with Gasteiger partial charge in [-0.25, -0.2) is 9.79 Å². The van der Waals surface area contributed by atoms with E-state index in [0.29, 0.717) is 23.7 Å². The molecular formula is C22H22INO5. The molecule has 29 heavy (non-hydrogen) atoms. The van der Waals surface area contributed by atoms with E-state index >= 15 is 0 Å². The van der Waals surface area contributed by atoms with Crippen molar-refractivity contribution >= 4 is 40.5 Å². The Morgan fingerprint density at radius 2 is 1.93 bits per heavy atom. The van der Waals surface area contributed by atoms with Crippen LogP contribution in [-0.2, 0) is 9.53 Å². The van der Waals surface area contributed by atoms with Crippen LogP contribution in [-0.4, -0.2) is 31.7 Å². The molecule has 0 N–H and O–H groups in total. The highest BCUT2D eigenvalue weighted by molar-refractivity contribution is 14.1. The number of methoxy groups -OCH3 is 1. The number of hydrogen-bond acceptors (Lipinski definition) is 6. The van der Waals surface area contributed by atoms with E-state index in [9.17, 15) is 4.79 Å². The molecule has 0 spiro atoms. The van der Waals surface area contributed by atoms with E-state index in [1.54, 1.807) is 37.5 Å². The van der Waals surface area contributed by atoms with Gasteiger partial charge in [0.05, 0.1) is 23.4 Å². The number of ether oxygens (including phenoxy) is 4. The van der Waals surface area contributed by atoms with Gasteiger partial charge in [-0.1, -0.05) is 0 Å². The normalized spacial score (nSPS) is 14.8. The molecule has 0 aliphatic carbocycles. The van der Waals surface area contributed by atoms with Gasteiger partial charge in [-0.05, 0) is 91.4 Å². The second-order valence-electron chi connectivity index (χ2n) is 6.49. The van der Waals surface area contributed by atoms with Gasteiger partial charge in [-0.2, -0.15) is 0 Å². The van der Waals surface area contributed by atoms with Crippen molar-refractivity contribution in [3.05, 3.63) is 56.8 Å². The van der Waals surface area contributed by atoms with Gasteiger partial charge in [0.1, 0.15) is 5.75 Å². The number of cyclic esters (lactones) is 1. The maximum atomic E-state index is 12.3. The number of benzene rings is 2. The van der Waals surface area contributed by atoms with E-state index in [4.69, 9.17) is 18.9 Å². The Balaban J connectivity index is 1.93. The molecule has 0 fully saturated rings. The molecule has 3 rings (SSSR count). The number of aliphatic imine (C=N–C) groups is 1. The molecule has 0 bridgehead atoms. The van der Waals surface area contributed by atoms with E-state index in [1.165, 1.54) is 0 Å². The highest BCUT2D eigenvalue weighted by Gasteiger charge is 2.24. The zero-order chi connectivity index (χ0) is 21.0. The lowest BCUT2D eigenvalue weighted by atomic mass is 10.1. The Bertz CT molecular complexity index is 964. The lowest BCUT2D eigenvalue weighted by Crippen LogP contribution is -2.09. The number of nitrogens with zero attached hydrogens (tertiary/aromatic N) is 1. The minimum absolute atomic E-state index is 0.0217. The Kier molecular flexibility index (Phi) is 6.79. The summed E-state index contributed by atoms with van der Waals surface area (Å²) in [4.78, 5) is 16.7. The van der Waals surface area contributed by atoms with Crippen LogP contribution in [0, 0.1) is 3.57 Å². The summed E-state index contributed by atoms with van der Waals surface area (Å²) >= 11 is 2.20. The fraction of sp³-hybridized carbons (Fsp3) is 0.273. The minimum Gasteiger partial charge on any atom is -0.497 e. The molecule has 0 saturated heterocycles. The Labute approximate surface area is 183 Å². The molecule has 0 saturated carbocycles. The average molecular weight is 507 g/mol. The summed E-state index contributed by atoms with van der Waals surface area (Å²) in [6, 6.07) is 10.9. The fourth-order valence-electron chi connectivity index (χ4n) is 2.71. The SMILES string of the molecule is CCOc1cc(C=C2N=C(c3ccc(OC)cc3)OC2=O)cc(I)c1OC(C)C. The summed E-state index contributed by atoms with van der Waals surface area (Å²) in [7, 11) is 1.60. The Hall–Kier alpha value is -2.55. The summed E-state index contributed by atoms with van der Waals surface area (Å²) in [5.74, 6) is 1.82. The third-order valence-electron chi connectivity index (χ3n) is 3.95. The van der Waals surface area contributed by atoms with Gasteiger partial charge in [0.15, 0.2) is 17.2 Å². The van der Waals surface area contributed by atoms with E-state index in [2.05, 4.69) is 27.6 Å². The minimum atomic E-state index is -0.494. The zero-order valence-electron chi connectivity index (χ0n) is 16.7. The third kappa shape index (κ3) is 5.09. The molecule has 0 amide bonds. The van der Waals surface area contributed by atoms with Crippen LogP contribution < -0.4 is 14.2 Å². The smallest absolute Gasteiger partial charge is 0.363 e. The first-order chi connectivity index (χ1) is 13.9. The summed E-state index contributed by atoms with van der Waals surface area (Å²) < 4.78 is 23.0. The number of hydrogen-bond donors (Lipinski definition) is 0. The lowest BCUT2D eigenvalue weighted by Gasteiger charge is -2.16. The van der Waals surface area contributed by atoms with Gasteiger partial charge in [0, 0.05) is 5.56 Å². The van der Waals surface area contributed by atoms with E-state index in [-0.39, 0.29) is 17.7 Å². The Morgan fingerprint density at radius 3 is 2.55 bits per heavy atom. The number of carbonyl (C=O) groups is 1. The summed E-state index contributed by atoms with van der Waals surface area (Å²) in [6.07, 6.45) is 1.70. The van der Waals surface area contributed by atoms with Crippen LogP contribution in [0.15, 0.2) is 47.1 Å². The highest BCUT2D eigenvalue weighted by Crippen LogP contribution is 2.36. The summed E-state index contributed by atoms with van der Waals surface area (Å²) in [5.41, 5.74) is 1.71. The van der Waals surface area contributed by atoms with Gasteiger partial charge in [-0.3, -0.25) is 0 Å². The predicted molar refractivity (Wildman–Crippen MR) is 120 cm³/mol. The molecule has 1 aliphatic rings. The van der Waals surface area contributed by atoms with Crippen LogP contribution >= 0.6 is 22.6 Å². The third-order valence-corrected chi connectivity index (χ3v) is 4.75. The molecular weight excluding hydrogens is 485 g/mol. The van der Waals surface area contributed by atoms with Gasteiger partial charge in [0.2, 0.25) is 5.90 Å². The van der Waals surface area contributed by atoms with Crippen LogP contribution in [0.2, 0.25) is 0 Å². The maximum absolute atomic E-state index is 12.3. The van der Waals surface area contributed by atoms with E-state index in [0.717, 1.165) is 14.9 Å². The van der Waals surface area contributed by atoms with Gasteiger partial charge < -0.3 is 18.9 Å². The number of halogens is 1. The van der Waals surface area contributed by atoms with Crippen LogP contribution in [0.3, 0.4) is 0 Å². The molecule has 1 heterocycles. The van der Waals surface area contributed by atoms with Crippen molar-refractivity contribution in [2.24, 2.45) is 4.99 Å². The number of carbonyl (C=O) groups excluding carboxylic acids is 1. The molecule has 0 atom stereocenters. The van der Waals surface area contributed by atoms with Crippen LogP contribution in [0.4, 0.5) is 0 Å². The van der Waals surface area contributed by atoms with Crippen LogP contribution in [0.25, 0.3) is 6.08 Å². The van der Waals surface area contributed by atoms with Crippen molar-refractivity contribution in [2.75, 3.05) is 13.7 Å². The molecule has 0 radical (unpaired) electrons. The molecule has 7 heteroatoms. The van der Waals surface area contributed by atoms with Crippen molar-refractivity contribution in [2.45, 2.75) is 26.9 Å². The predicted octanol–water partition coefficient (Wildman–Crippen LogP) is 4.83. The van der Waals surface area contributed by atoms with E-state index < -0.39 is 5.97 Å². The monoisotopic (exact) mass is 507 g/mol. The van der Waals surface area contributed by atoms with Crippen molar-refractivity contribution < 1.29 is 23.7 Å². The first kappa shape index (κ1) is 21.2. The molecule has 2 aromatic rings. The molecule has 0 unspecified atom stereocenters. The first-order valence-corrected chi connectivity index (χ1v) is 10.3. The Morgan fingerprint density at radius 1 is 1.21 bits per heavy atom. The second-order valence-corrected chi connectivity index (χ2v) is 7.66. The summed E-state index contributed by atoms with van der Waals surface area (Å²) in [5, 5.41) is 0. The fourth-order valence-corrected chi connectivity index (χ4v) is 3.46. The lowest BCUT2D eigenvalue weighted by molar-refractivity contribution is -0.129. The molecule has 1 aliphatic heterocycles. The van der Waals surface area contributed by atoms with Gasteiger partial charge >= 0.3 is 5.97 Å². The van der Waals surface area contributed by atoms with E-state index in [1.807, 2.05) is 32.9 Å². The number of esters is 1. The largest absolute Gasteiger partial charge is 0.497 e. The van der Waals surface area contributed by atoms with Crippen LogP contribution in [0.1, 0.15) is 31.9 Å². The van der Waals surface area contributed by atoms with Crippen molar-refractivity contribution in [1.82, 2.24) is 0 Å².